The predicted octanol–water partition coefficient (Wildman–Crippen LogP) is 3.81. The minimum Gasteiger partial charge on any atom is -0.504 e. The minimum atomic E-state index is -1.72. The van der Waals surface area contributed by atoms with Gasteiger partial charge in [0.2, 0.25) is 12.2 Å². The van der Waals surface area contributed by atoms with E-state index >= 15 is 0 Å². The number of hydrogen-bond donors (Lipinski definition) is 8. The number of carboxylic acid groups (broad SMARTS) is 1. The molecular weight excluding hydrogens is 712 g/mol. The Hall–Kier alpha value is -7.10. The van der Waals surface area contributed by atoms with E-state index in [-0.39, 0.29) is 53.0 Å². The van der Waals surface area contributed by atoms with Crippen molar-refractivity contribution in [3.63, 3.8) is 0 Å². The summed E-state index contributed by atoms with van der Waals surface area (Å²) in [7, 11) is 0. The number of ether oxygens (including phenoxy) is 4. The highest BCUT2D eigenvalue weighted by Gasteiger charge is 2.46. The Morgan fingerprint density at radius 3 is 1.81 bits per heavy atom. The number of aromatic hydroxyl groups is 7. The predicted molar refractivity (Wildman–Crippen MR) is 184 cm³/mol. The Bertz CT molecular complexity index is 2120. The SMILES string of the molecule is CCOC(=O)C(Cc1ccc(O)c(O)c1)OC(=O)C1c2c(C=CC(=O)OC(Cc3ccc(O)c(O)c3)C(=O)O)ccc(O)c2OC1c1ccc(O)c(O)c1. The number of esters is 3. The van der Waals surface area contributed by atoms with E-state index in [2.05, 4.69) is 0 Å². The molecule has 0 bridgehead atoms. The second kappa shape index (κ2) is 16.1. The number of benzene rings is 4. The summed E-state index contributed by atoms with van der Waals surface area (Å²) in [6.45, 7) is 1.44. The number of carbonyl (C=O) groups excluding carboxylic acids is 3. The molecule has 16 heteroatoms. The average Bonchev–Trinajstić information content (AvgIpc) is 3.54. The molecular formula is C38H34O16. The van der Waals surface area contributed by atoms with Gasteiger partial charge in [0.05, 0.1) is 6.61 Å². The van der Waals surface area contributed by atoms with Gasteiger partial charge in [0.25, 0.3) is 0 Å². The Morgan fingerprint density at radius 1 is 0.704 bits per heavy atom. The number of hydrogen-bond acceptors (Lipinski definition) is 15. The zero-order valence-electron chi connectivity index (χ0n) is 28.3. The first-order valence-electron chi connectivity index (χ1n) is 16.2. The molecule has 0 aliphatic carbocycles. The molecule has 0 aromatic heterocycles. The fourth-order valence-electron chi connectivity index (χ4n) is 5.72. The van der Waals surface area contributed by atoms with E-state index in [1.807, 2.05) is 0 Å². The van der Waals surface area contributed by atoms with Gasteiger partial charge in [0.1, 0.15) is 12.0 Å². The van der Waals surface area contributed by atoms with E-state index in [1.54, 1.807) is 0 Å². The highest BCUT2D eigenvalue weighted by atomic mass is 16.6. The fourth-order valence-corrected chi connectivity index (χ4v) is 5.72. The van der Waals surface area contributed by atoms with Crippen LogP contribution in [0, 0.1) is 0 Å². The van der Waals surface area contributed by atoms with Gasteiger partial charge in [-0.1, -0.05) is 24.3 Å². The molecule has 16 nitrogen and oxygen atoms in total. The van der Waals surface area contributed by atoms with E-state index in [0.717, 1.165) is 42.5 Å². The molecule has 1 aliphatic heterocycles. The first-order valence-corrected chi connectivity index (χ1v) is 16.2. The summed E-state index contributed by atoms with van der Waals surface area (Å²) in [6, 6.07) is 13.4. The zero-order chi connectivity index (χ0) is 39.3. The number of rotatable bonds is 13. The van der Waals surface area contributed by atoms with E-state index in [0.29, 0.717) is 0 Å². The topological polar surface area (TPSA) is 267 Å². The molecule has 5 rings (SSSR count). The molecule has 282 valence electrons. The molecule has 0 spiro atoms. The van der Waals surface area contributed by atoms with Crippen LogP contribution in [0.5, 0.6) is 46.0 Å². The third-order valence-electron chi connectivity index (χ3n) is 8.31. The highest BCUT2D eigenvalue weighted by Crippen LogP contribution is 2.53. The van der Waals surface area contributed by atoms with Gasteiger partial charge in [0.15, 0.2) is 46.0 Å². The maximum atomic E-state index is 14.2. The summed E-state index contributed by atoms with van der Waals surface area (Å²) < 4.78 is 22.0. The van der Waals surface area contributed by atoms with Crippen molar-refractivity contribution in [1.82, 2.24) is 0 Å². The Morgan fingerprint density at radius 2 is 1.26 bits per heavy atom. The van der Waals surface area contributed by atoms with E-state index in [1.165, 1.54) is 43.3 Å². The molecule has 0 radical (unpaired) electrons. The lowest BCUT2D eigenvalue weighted by Crippen LogP contribution is -2.34. The van der Waals surface area contributed by atoms with Crippen molar-refractivity contribution in [3.8, 4) is 46.0 Å². The normalized spacial score (nSPS) is 15.8. The van der Waals surface area contributed by atoms with Crippen LogP contribution in [0.2, 0.25) is 0 Å². The molecule has 4 aromatic carbocycles. The van der Waals surface area contributed by atoms with Crippen LogP contribution in [0.15, 0.2) is 72.8 Å². The van der Waals surface area contributed by atoms with Crippen molar-refractivity contribution in [1.29, 1.82) is 0 Å². The maximum Gasteiger partial charge on any atom is 0.347 e. The minimum absolute atomic E-state index is 0.0409. The molecule has 54 heavy (non-hydrogen) atoms. The van der Waals surface area contributed by atoms with Crippen molar-refractivity contribution < 1.29 is 79.0 Å². The molecule has 0 saturated carbocycles. The summed E-state index contributed by atoms with van der Waals surface area (Å²) >= 11 is 0. The summed E-state index contributed by atoms with van der Waals surface area (Å²) in [5.74, 6) is -9.82. The first kappa shape index (κ1) is 38.1. The molecule has 4 aromatic rings. The van der Waals surface area contributed by atoms with Crippen LogP contribution < -0.4 is 4.74 Å². The van der Waals surface area contributed by atoms with Crippen LogP contribution in [0.4, 0.5) is 0 Å². The molecule has 1 heterocycles. The molecule has 0 amide bonds. The lowest BCUT2D eigenvalue weighted by atomic mass is 9.87. The van der Waals surface area contributed by atoms with Crippen LogP contribution in [0.25, 0.3) is 6.08 Å². The zero-order valence-corrected chi connectivity index (χ0v) is 28.3. The largest absolute Gasteiger partial charge is 0.504 e. The summed E-state index contributed by atoms with van der Waals surface area (Å²) in [5.41, 5.74) is 0.678. The number of aliphatic carboxylic acids is 1. The Balaban J connectivity index is 1.49. The van der Waals surface area contributed by atoms with E-state index in [9.17, 15) is 60.0 Å². The van der Waals surface area contributed by atoms with E-state index in [4.69, 9.17) is 18.9 Å². The number of carboxylic acids is 1. The lowest BCUT2D eigenvalue weighted by molar-refractivity contribution is -0.169. The standard InChI is InChI=1S/C38H34O16/c1-2-51-37(49)30(16-19-4-9-23(40)27(44)14-19)53-38(50)33-32-20(5-11-25(42)35(32)54-34(33)21-6-10-24(41)28(45)17-21)7-12-31(46)52-29(36(47)48)15-18-3-8-22(39)26(43)13-18/h3-14,17,29-30,33-34,39-45H,2,15-16H2,1H3,(H,47,48). The summed E-state index contributed by atoms with van der Waals surface area (Å²) in [6.07, 6.45) is -3.34. The Kier molecular flexibility index (Phi) is 11.3. The summed E-state index contributed by atoms with van der Waals surface area (Å²) in [4.78, 5) is 52.1. The van der Waals surface area contributed by atoms with Gasteiger partial charge in [-0.15, -0.1) is 0 Å². The molecule has 4 atom stereocenters. The monoisotopic (exact) mass is 746 g/mol. The second-order valence-corrected chi connectivity index (χ2v) is 12.0. The second-order valence-electron chi connectivity index (χ2n) is 12.0. The van der Waals surface area contributed by atoms with Gasteiger partial charge in [-0.25, -0.2) is 14.4 Å². The van der Waals surface area contributed by atoms with Gasteiger partial charge in [0, 0.05) is 24.5 Å². The summed E-state index contributed by atoms with van der Waals surface area (Å²) in [5, 5.41) is 79.8. The van der Waals surface area contributed by atoms with Crippen LogP contribution in [-0.2, 0) is 46.2 Å². The van der Waals surface area contributed by atoms with Gasteiger partial charge >= 0.3 is 23.9 Å². The molecule has 0 saturated heterocycles. The van der Waals surface area contributed by atoms with Crippen molar-refractivity contribution in [2.24, 2.45) is 0 Å². The molecule has 4 unspecified atom stereocenters. The maximum absolute atomic E-state index is 14.2. The quantitative estimate of drug-likeness (QED) is 0.0418. The fraction of sp³-hybridized carbons (Fsp3) is 0.211. The molecule has 1 aliphatic rings. The average molecular weight is 747 g/mol. The highest BCUT2D eigenvalue weighted by molar-refractivity contribution is 5.92. The van der Waals surface area contributed by atoms with Crippen LogP contribution in [0.3, 0.4) is 0 Å². The van der Waals surface area contributed by atoms with Gasteiger partial charge in [-0.2, -0.15) is 0 Å². The van der Waals surface area contributed by atoms with E-state index < -0.39 is 88.4 Å². The van der Waals surface area contributed by atoms with Gasteiger partial charge in [-0.05, 0) is 77.7 Å². The number of fused-ring (bicyclic) bond motifs is 1. The molecule has 8 N–H and O–H groups in total. The molecule has 0 fully saturated rings. The van der Waals surface area contributed by atoms with Crippen LogP contribution in [0.1, 0.15) is 46.8 Å². The van der Waals surface area contributed by atoms with Crippen molar-refractivity contribution in [2.75, 3.05) is 6.61 Å². The van der Waals surface area contributed by atoms with Gasteiger partial charge in [-0.3, -0.25) is 4.79 Å². The van der Waals surface area contributed by atoms with Crippen molar-refractivity contribution in [3.05, 3.63) is 101 Å². The number of phenols is 7. The first-order chi connectivity index (χ1) is 25.7. The van der Waals surface area contributed by atoms with Crippen molar-refractivity contribution >= 4 is 30.0 Å². The third-order valence-corrected chi connectivity index (χ3v) is 8.31. The third kappa shape index (κ3) is 8.50. The van der Waals surface area contributed by atoms with Crippen molar-refractivity contribution in [2.45, 2.75) is 44.0 Å². The number of carbonyl (C=O) groups is 4. The number of phenolic OH excluding ortho intramolecular Hbond substituents is 7. The van der Waals surface area contributed by atoms with Crippen LogP contribution in [-0.4, -0.2) is 83.5 Å². The lowest BCUT2D eigenvalue weighted by Gasteiger charge is -2.23. The smallest absolute Gasteiger partial charge is 0.347 e. The van der Waals surface area contributed by atoms with Gasteiger partial charge < -0.3 is 59.8 Å². The Labute approximate surface area is 305 Å². The van der Waals surface area contributed by atoms with Crippen LogP contribution >= 0.6 is 0 Å².